The summed E-state index contributed by atoms with van der Waals surface area (Å²) in [5, 5.41) is 2.53. The van der Waals surface area contributed by atoms with Crippen LogP contribution in [-0.2, 0) is 9.53 Å². The summed E-state index contributed by atoms with van der Waals surface area (Å²) in [4.78, 5) is 25.3. The molecule has 148 valence electrons. The predicted octanol–water partition coefficient (Wildman–Crippen LogP) is 4.07. The molecule has 0 saturated carbocycles. The van der Waals surface area contributed by atoms with Gasteiger partial charge in [-0.1, -0.05) is 66.7 Å². The van der Waals surface area contributed by atoms with Crippen molar-refractivity contribution in [3.8, 4) is 0 Å². The maximum Gasteiger partial charge on any atom is 0.329 e. The molecule has 6 heteroatoms. The van der Waals surface area contributed by atoms with Crippen LogP contribution in [0.15, 0.2) is 78.9 Å². The van der Waals surface area contributed by atoms with Crippen LogP contribution in [0.1, 0.15) is 27.4 Å². The van der Waals surface area contributed by atoms with Gasteiger partial charge < -0.3 is 10.1 Å². The van der Waals surface area contributed by atoms with E-state index in [0.29, 0.717) is 0 Å². The van der Waals surface area contributed by atoms with E-state index in [4.69, 9.17) is 4.74 Å². The maximum atomic E-state index is 14.1. The van der Waals surface area contributed by atoms with Crippen molar-refractivity contribution in [1.82, 2.24) is 5.32 Å². The Bertz CT molecular complexity index is 954. The molecule has 0 aliphatic heterocycles. The van der Waals surface area contributed by atoms with Gasteiger partial charge in [-0.25, -0.2) is 13.6 Å². The van der Waals surface area contributed by atoms with Gasteiger partial charge >= 0.3 is 5.97 Å². The summed E-state index contributed by atoms with van der Waals surface area (Å²) in [5.74, 6) is -4.62. The fourth-order valence-corrected chi connectivity index (χ4v) is 3.20. The van der Waals surface area contributed by atoms with Crippen LogP contribution in [0, 0.1) is 11.6 Å². The third-order valence-electron chi connectivity index (χ3n) is 4.59. The van der Waals surface area contributed by atoms with E-state index in [2.05, 4.69) is 5.32 Å². The van der Waals surface area contributed by atoms with Crippen LogP contribution in [0.3, 0.4) is 0 Å². The number of rotatable bonds is 6. The number of methoxy groups -OCH3 is 1. The molecule has 0 aliphatic rings. The summed E-state index contributed by atoms with van der Waals surface area (Å²) >= 11 is 0. The number of halogens is 2. The largest absolute Gasteiger partial charge is 0.467 e. The van der Waals surface area contributed by atoms with E-state index in [-0.39, 0.29) is 0 Å². The van der Waals surface area contributed by atoms with Crippen molar-refractivity contribution >= 4 is 11.9 Å². The molecule has 3 aromatic rings. The van der Waals surface area contributed by atoms with Gasteiger partial charge in [0, 0.05) is 5.92 Å². The number of nitrogens with one attached hydrogen (secondary N) is 1. The van der Waals surface area contributed by atoms with Crippen LogP contribution >= 0.6 is 0 Å². The molecule has 0 fully saturated rings. The highest BCUT2D eigenvalue weighted by molar-refractivity contribution is 5.97. The van der Waals surface area contributed by atoms with Crippen LogP contribution in [0.4, 0.5) is 8.78 Å². The molecule has 0 heterocycles. The Morgan fingerprint density at radius 3 is 1.90 bits per heavy atom. The Balaban J connectivity index is 2.04. The smallest absolute Gasteiger partial charge is 0.329 e. The zero-order valence-corrected chi connectivity index (χ0v) is 15.6. The van der Waals surface area contributed by atoms with E-state index in [1.807, 2.05) is 60.7 Å². The van der Waals surface area contributed by atoms with Gasteiger partial charge in [-0.3, -0.25) is 4.79 Å². The van der Waals surface area contributed by atoms with Crippen LogP contribution < -0.4 is 5.32 Å². The van der Waals surface area contributed by atoms with Crippen molar-refractivity contribution in [2.75, 3.05) is 7.11 Å². The summed E-state index contributed by atoms with van der Waals surface area (Å²) in [6, 6.07) is 20.4. The molecule has 0 radical (unpaired) electrons. The highest BCUT2D eigenvalue weighted by Crippen LogP contribution is 2.29. The first-order valence-corrected chi connectivity index (χ1v) is 8.95. The molecule has 1 atom stereocenters. The summed E-state index contributed by atoms with van der Waals surface area (Å²) in [7, 11) is 1.21. The lowest BCUT2D eigenvalue weighted by Crippen LogP contribution is -2.46. The number of ether oxygens (including phenoxy) is 1. The molecule has 0 aromatic heterocycles. The van der Waals surface area contributed by atoms with Crippen LogP contribution in [0.5, 0.6) is 0 Å². The maximum absolute atomic E-state index is 14.1. The summed E-state index contributed by atoms with van der Waals surface area (Å²) in [6.45, 7) is 0. The monoisotopic (exact) mass is 395 g/mol. The van der Waals surface area contributed by atoms with Crippen molar-refractivity contribution in [2.24, 2.45) is 0 Å². The summed E-state index contributed by atoms with van der Waals surface area (Å²) in [6.07, 6.45) is 0. The van der Waals surface area contributed by atoms with Gasteiger partial charge in [0.05, 0.1) is 12.7 Å². The average molecular weight is 395 g/mol. The van der Waals surface area contributed by atoms with Gasteiger partial charge in [0.15, 0.2) is 11.6 Å². The number of benzene rings is 3. The molecular weight excluding hydrogens is 376 g/mol. The zero-order chi connectivity index (χ0) is 20.8. The minimum absolute atomic E-state index is 0.487. The Morgan fingerprint density at radius 1 is 0.828 bits per heavy atom. The zero-order valence-electron chi connectivity index (χ0n) is 15.6. The third-order valence-corrected chi connectivity index (χ3v) is 4.59. The standard InChI is InChI=1S/C23H19F2NO3/c1-29-23(28)21(26-22(27)17-13-8-14-18(24)20(17)25)19(15-9-4-2-5-10-15)16-11-6-3-7-12-16/h2-14,19,21H,1H3,(H,26,27)/t21-/m1/s1. The van der Waals surface area contributed by atoms with E-state index >= 15 is 0 Å². The molecule has 4 nitrogen and oxygen atoms in total. The van der Waals surface area contributed by atoms with Crippen LogP contribution in [0.25, 0.3) is 0 Å². The molecule has 0 unspecified atom stereocenters. The number of amides is 1. The van der Waals surface area contributed by atoms with Crippen molar-refractivity contribution in [3.63, 3.8) is 0 Å². The first-order valence-electron chi connectivity index (χ1n) is 8.95. The molecule has 0 spiro atoms. The fraction of sp³-hybridized carbons (Fsp3) is 0.130. The fourth-order valence-electron chi connectivity index (χ4n) is 3.20. The van der Waals surface area contributed by atoms with Crippen molar-refractivity contribution in [2.45, 2.75) is 12.0 Å². The van der Waals surface area contributed by atoms with E-state index in [9.17, 15) is 18.4 Å². The van der Waals surface area contributed by atoms with Crippen molar-refractivity contribution in [3.05, 3.63) is 107 Å². The third kappa shape index (κ3) is 4.48. The van der Waals surface area contributed by atoms with Gasteiger partial charge in [0.25, 0.3) is 5.91 Å². The Kier molecular flexibility index (Phi) is 6.34. The van der Waals surface area contributed by atoms with Crippen LogP contribution in [-0.4, -0.2) is 25.0 Å². The Hall–Kier alpha value is -3.54. The molecule has 3 aromatic carbocycles. The Morgan fingerprint density at radius 2 is 1.38 bits per heavy atom. The van der Waals surface area contributed by atoms with Gasteiger partial charge in [-0.2, -0.15) is 0 Å². The number of esters is 1. The van der Waals surface area contributed by atoms with E-state index in [1.165, 1.54) is 13.2 Å². The lowest BCUT2D eigenvalue weighted by Gasteiger charge is -2.27. The lowest BCUT2D eigenvalue weighted by atomic mass is 9.84. The first kappa shape index (κ1) is 20.2. The van der Waals surface area contributed by atoms with Crippen molar-refractivity contribution < 1.29 is 23.1 Å². The summed E-state index contributed by atoms with van der Waals surface area (Å²) < 4.78 is 32.5. The summed E-state index contributed by atoms with van der Waals surface area (Å²) in [5.41, 5.74) is 1.03. The SMILES string of the molecule is COC(=O)[C@H](NC(=O)c1cccc(F)c1F)C(c1ccccc1)c1ccccc1. The highest BCUT2D eigenvalue weighted by Gasteiger charge is 2.34. The molecule has 0 bridgehead atoms. The molecule has 1 N–H and O–H groups in total. The minimum atomic E-state index is -1.27. The highest BCUT2D eigenvalue weighted by atomic mass is 19.2. The molecule has 1 amide bonds. The predicted molar refractivity (Wildman–Crippen MR) is 104 cm³/mol. The second-order valence-electron chi connectivity index (χ2n) is 6.37. The lowest BCUT2D eigenvalue weighted by molar-refractivity contribution is -0.143. The van der Waals surface area contributed by atoms with Gasteiger partial charge in [-0.15, -0.1) is 0 Å². The van der Waals surface area contributed by atoms with E-state index in [0.717, 1.165) is 23.3 Å². The van der Waals surface area contributed by atoms with Gasteiger partial charge in [-0.05, 0) is 23.3 Å². The van der Waals surface area contributed by atoms with E-state index < -0.39 is 41.0 Å². The van der Waals surface area contributed by atoms with Gasteiger partial charge in [0.1, 0.15) is 6.04 Å². The van der Waals surface area contributed by atoms with E-state index in [1.54, 1.807) is 0 Å². The van der Waals surface area contributed by atoms with Crippen LogP contribution in [0.2, 0.25) is 0 Å². The molecule has 3 rings (SSSR count). The molecule has 0 aliphatic carbocycles. The first-order chi connectivity index (χ1) is 14.0. The quantitative estimate of drug-likeness (QED) is 0.640. The second kappa shape index (κ2) is 9.10. The van der Waals surface area contributed by atoms with Crippen molar-refractivity contribution in [1.29, 1.82) is 0 Å². The number of hydrogen-bond donors (Lipinski definition) is 1. The van der Waals surface area contributed by atoms with Gasteiger partial charge in [0.2, 0.25) is 0 Å². The second-order valence-corrected chi connectivity index (χ2v) is 6.37. The number of carbonyl (C=O) groups is 2. The minimum Gasteiger partial charge on any atom is -0.467 e. The number of hydrogen-bond acceptors (Lipinski definition) is 3. The molecular formula is C23H19F2NO3. The topological polar surface area (TPSA) is 55.4 Å². The average Bonchev–Trinajstić information content (AvgIpc) is 2.76. The molecule has 29 heavy (non-hydrogen) atoms. The normalized spacial score (nSPS) is 11.7. The number of carbonyl (C=O) groups excluding carboxylic acids is 2. The Labute approximate surface area is 167 Å². The molecule has 0 saturated heterocycles.